The first-order valence-electron chi connectivity index (χ1n) is 6.82. The van der Waals surface area contributed by atoms with Crippen LogP contribution in [0.5, 0.6) is 0 Å². The van der Waals surface area contributed by atoms with Crippen molar-refractivity contribution in [3.63, 3.8) is 0 Å². The molecule has 0 aromatic heterocycles. The van der Waals surface area contributed by atoms with Gasteiger partial charge < -0.3 is 15.2 Å². The van der Waals surface area contributed by atoms with E-state index in [1.165, 1.54) is 12.8 Å². The molecule has 1 aromatic rings. The van der Waals surface area contributed by atoms with Crippen molar-refractivity contribution < 1.29 is 9.84 Å². The van der Waals surface area contributed by atoms with Crippen LogP contribution in [0, 0.1) is 5.92 Å². The molecule has 3 heteroatoms. The quantitative estimate of drug-likeness (QED) is 0.740. The van der Waals surface area contributed by atoms with Gasteiger partial charge in [0.15, 0.2) is 0 Å². The van der Waals surface area contributed by atoms with Crippen LogP contribution in [0.2, 0.25) is 0 Å². The van der Waals surface area contributed by atoms with Crippen molar-refractivity contribution >= 4 is 0 Å². The van der Waals surface area contributed by atoms with Gasteiger partial charge >= 0.3 is 0 Å². The lowest BCUT2D eigenvalue weighted by Gasteiger charge is -2.12. The molecule has 1 fully saturated rings. The van der Waals surface area contributed by atoms with Gasteiger partial charge in [0.2, 0.25) is 0 Å². The molecule has 0 amide bonds. The summed E-state index contributed by atoms with van der Waals surface area (Å²) >= 11 is 0. The summed E-state index contributed by atoms with van der Waals surface area (Å²) in [7, 11) is 0. The average molecular weight is 249 g/mol. The van der Waals surface area contributed by atoms with Crippen molar-refractivity contribution in [2.45, 2.75) is 38.5 Å². The lowest BCUT2D eigenvalue weighted by molar-refractivity contribution is 0.0286. The van der Waals surface area contributed by atoms with E-state index in [1.54, 1.807) is 0 Å². The normalized spacial score (nSPS) is 23.9. The topological polar surface area (TPSA) is 41.5 Å². The molecule has 1 aromatic carbocycles. The van der Waals surface area contributed by atoms with Gasteiger partial charge in [-0.2, -0.15) is 0 Å². The van der Waals surface area contributed by atoms with Crippen LogP contribution in [-0.2, 0) is 11.3 Å². The van der Waals surface area contributed by atoms with E-state index >= 15 is 0 Å². The second-order valence-corrected chi connectivity index (χ2v) is 5.07. The molecule has 2 N–H and O–H groups in total. The molecular weight excluding hydrogens is 226 g/mol. The number of benzene rings is 1. The highest BCUT2D eigenvalue weighted by atomic mass is 16.5. The molecule has 3 nitrogen and oxygen atoms in total. The van der Waals surface area contributed by atoms with Crippen molar-refractivity contribution in [1.82, 2.24) is 5.32 Å². The van der Waals surface area contributed by atoms with Crippen molar-refractivity contribution in [3.05, 3.63) is 35.9 Å². The average Bonchev–Trinajstić information content (AvgIpc) is 3.16. The van der Waals surface area contributed by atoms with Crippen molar-refractivity contribution in [3.8, 4) is 0 Å². The zero-order valence-electron chi connectivity index (χ0n) is 11.0. The number of aliphatic hydroxyl groups excluding tert-OH is 1. The van der Waals surface area contributed by atoms with Crippen molar-refractivity contribution in [2.24, 2.45) is 5.92 Å². The molecule has 0 aliphatic heterocycles. The van der Waals surface area contributed by atoms with Gasteiger partial charge in [-0.15, -0.1) is 0 Å². The van der Waals surface area contributed by atoms with Crippen molar-refractivity contribution in [2.75, 3.05) is 13.2 Å². The van der Waals surface area contributed by atoms with E-state index in [1.807, 2.05) is 30.3 Å². The highest BCUT2D eigenvalue weighted by Crippen LogP contribution is 2.32. The molecule has 0 saturated heterocycles. The molecule has 2 rings (SSSR count). The van der Waals surface area contributed by atoms with Crippen LogP contribution in [0.15, 0.2) is 30.3 Å². The number of nitrogens with one attached hydrogen (secondary N) is 1. The Morgan fingerprint density at radius 2 is 2.17 bits per heavy atom. The fourth-order valence-corrected chi connectivity index (χ4v) is 2.18. The number of aliphatic hydroxyl groups is 1. The first kappa shape index (κ1) is 13.5. The third-order valence-electron chi connectivity index (χ3n) is 3.48. The third-order valence-corrected chi connectivity index (χ3v) is 3.48. The lowest BCUT2D eigenvalue weighted by Crippen LogP contribution is -2.32. The smallest absolute Gasteiger partial charge is 0.0897 e. The summed E-state index contributed by atoms with van der Waals surface area (Å²) in [6.07, 6.45) is 2.08. The van der Waals surface area contributed by atoms with Crippen LogP contribution in [0.3, 0.4) is 0 Å². The van der Waals surface area contributed by atoms with Gasteiger partial charge in [0, 0.05) is 12.6 Å². The summed E-state index contributed by atoms with van der Waals surface area (Å²) < 4.78 is 5.50. The molecule has 0 spiro atoms. The molecular formula is C15H23NO2. The summed E-state index contributed by atoms with van der Waals surface area (Å²) in [4.78, 5) is 0. The Labute approximate surface area is 109 Å². The minimum absolute atomic E-state index is 0.394. The van der Waals surface area contributed by atoms with Crippen LogP contribution >= 0.6 is 0 Å². The number of hydrogen-bond donors (Lipinski definition) is 2. The van der Waals surface area contributed by atoms with Gasteiger partial charge in [-0.25, -0.2) is 0 Å². The van der Waals surface area contributed by atoms with E-state index in [2.05, 4.69) is 12.2 Å². The molecule has 3 atom stereocenters. The van der Waals surface area contributed by atoms with E-state index < -0.39 is 6.10 Å². The summed E-state index contributed by atoms with van der Waals surface area (Å²) in [5, 5.41) is 13.2. The largest absolute Gasteiger partial charge is 0.389 e. The Kier molecular flexibility index (Phi) is 5.17. The Hall–Kier alpha value is -0.900. The number of ether oxygens (including phenoxy) is 1. The predicted octanol–water partition coefficient (Wildman–Crippen LogP) is 1.95. The second kappa shape index (κ2) is 6.88. The van der Waals surface area contributed by atoms with Crippen LogP contribution < -0.4 is 5.32 Å². The van der Waals surface area contributed by atoms with E-state index in [-0.39, 0.29) is 0 Å². The first-order chi connectivity index (χ1) is 8.79. The minimum atomic E-state index is -0.410. The molecule has 0 bridgehead atoms. The zero-order chi connectivity index (χ0) is 12.8. The number of rotatable bonds is 8. The summed E-state index contributed by atoms with van der Waals surface area (Å²) in [5.41, 5.74) is 1.14. The summed E-state index contributed by atoms with van der Waals surface area (Å²) in [5.74, 6) is 0.822. The highest BCUT2D eigenvalue weighted by Gasteiger charge is 2.34. The molecule has 0 heterocycles. The van der Waals surface area contributed by atoms with Gasteiger partial charge in [0.05, 0.1) is 19.3 Å². The van der Waals surface area contributed by atoms with Crippen LogP contribution in [-0.4, -0.2) is 30.4 Å². The maximum absolute atomic E-state index is 9.78. The third kappa shape index (κ3) is 4.41. The Morgan fingerprint density at radius 1 is 1.39 bits per heavy atom. The Balaban J connectivity index is 1.54. The van der Waals surface area contributed by atoms with E-state index in [4.69, 9.17) is 4.74 Å². The van der Waals surface area contributed by atoms with Crippen LogP contribution in [0.25, 0.3) is 0 Å². The SMILES string of the molecule is CCC1CC1NCC(O)COCc1ccccc1. The molecule has 3 unspecified atom stereocenters. The molecule has 1 aliphatic rings. The molecule has 100 valence electrons. The number of hydrogen-bond acceptors (Lipinski definition) is 3. The Bertz CT molecular complexity index is 342. The fraction of sp³-hybridized carbons (Fsp3) is 0.600. The van der Waals surface area contributed by atoms with Gasteiger partial charge in [-0.1, -0.05) is 43.7 Å². The minimum Gasteiger partial charge on any atom is -0.389 e. The summed E-state index contributed by atoms with van der Waals surface area (Å²) in [6.45, 7) is 3.81. The maximum Gasteiger partial charge on any atom is 0.0897 e. The van der Waals surface area contributed by atoms with Crippen LogP contribution in [0.4, 0.5) is 0 Å². The molecule has 18 heavy (non-hydrogen) atoms. The zero-order valence-corrected chi connectivity index (χ0v) is 11.0. The molecule has 1 aliphatic carbocycles. The van der Waals surface area contributed by atoms with E-state index in [0.29, 0.717) is 25.8 Å². The first-order valence-corrected chi connectivity index (χ1v) is 6.82. The van der Waals surface area contributed by atoms with E-state index in [9.17, 15) is 5.11 Å². The monoisotopic (exact) mass is 249 g/mol. The van der Waals surface area contributed by atoms with Gasteiger partial charge in [0.25, 0.3) is 0 Å². The fourth-order valence-electron chi connectivity index (χ4n) is 2.18. The second-order valence-electron chi connectivity index (χ2n) is 5.07. The predicted molar refractivity (Wildman–Crippen MR) is 72.3 cm³/mol. The molecule has 0 radical (unpaired) electrons. The Morgan fingerprint density at radius 3 is 2.83 bits per heavy atom. The van der Waals surface area contributed by atoms with Gasteiger partial charge in [0.1, 0.15) is 0 Å². The standard InChI is InChI=1S/C15H23NO2/c1-2-13-8-15(13)16-9-14(17)11-18-10-12-6-4-3-5-7-12/h3-7,13-17H,2,8-11H2,1H3. The van der Waals surface area contributed by atoms with Gasteiger partial charge in [-0.05, 0) is 17.9 Å². The lowest BCUT2D eigenvalue weighted by atomic mass is 10.2. The molecule has 1 saturated carbocycles. The van der Waals surface area contributed by atoms with Crippen molar-refractivity contribution in [1.29, 1.82) is 0 Å². The highest BCUT2D eigenvalue weighted by molar-refractivity contribution is 5.13. The van der Waals surface area contributed by atoms with Gasteiger partial charge in [-0.3, -0.25) is 0 Å². The summed E-state index contributed by atoms with van der Waals surface area (Å²) in [6, 6.07) is 10.7. The maximum atomic E-state index is 9.78. The van der Waals surface area contributed by atoms with Crippen LogP contribution in [0.1, 0.15) is 25.3 Å². The van der Waals surface area contributed by atoms with E-state index in [0.717, 1.165) is 11.5 Å².